The van der Waals surface area contributed by atoms with Crippen molar-refractivity contribution >= 4 is 25.8 Å². The molecule has 0 bridgehead atoms. The van der Waals surface area contributed by atoms with Gasteiger partial charge in [0.15, 0.2) is 5.78 Å². The summed E-state index contributed by atoms with van der Waals surface area (Å²) >= 11 is 0. The number of benzene rings is 1. The monoisotopic (exact) mass is 390 g/mol. The second kappa shape index (κ2) is 8.39. The number of carbonyl (C=O) groups is 1. The fraction of sp³-hybridized carbons (Fsp3) is 0.562. The summed E-state index contributed by atoms with van der Waals surface area (Å²) < 4.78 is 53.5. The Morgan fingerprint density at radius 2 is 1.08 bits per heavy atom. The van der Waals surface area contributed by atoms with E-state index in [2.05, 4.69) is 0 Å². The molecule has 0 amide bonds. The molecule has 9 heteroatoms. The van der Waals surface area contributed by atoms with E-state index in [0.717, 1.165) is 6.07 Å². The van der Waals surface area contributed by atoms with Gasteiger partial charge in [0.25, 0.3) is 0 Å². The molecule has 0 unspecified atom stereocenters. The zero-order chi connectivity index (χ0) is 19.4. The van der Waals surface area contributed by atoms with Crippen LogP contribution in [0.5, 0.6) is 0 Å². The summed E-state index contributed by atoms with van der Waals surface area (Å²) in [5.41, 5.74) is 0.0546. The summed E-state index contributed by atoms with van der Waals surface area (Å²) in [4.78, 5) is 11.4. The van der Waals surface area contributed by atoms with Crippen molar-refractivity contribution in [2.45, 2.75) is 44.4 Å². The molecule has 0 aromatic heterocycles. The Morgan fingerprint density at radius 3 is 1.32 bits per heavy atom. The molecular formula is C16H26N2O5S2. The quantitative estimate of drug-likeness (QED) is 0.601. The first kappa shape index (κ1) is 21.8. The highest BCUT2D eigenvalue weighted by Crippen LogP contribution is 2.24. The fourth-order valence-electron chi connectivity index (χ4n) is 2.50. The molecule has 0 saturated heterocycles. The number of hydrogen-bond acceptors (Lipinski definition) is 5. The second-order valence-corrected chi connectivity index (χ2v) is 9.30. The first-order chi connectivity index (χ1) is 11.6. The molecule has 0 heterocycles. The average molecular weight is 391 g/mol. The summed E-state index contributed by atoms with van der Waals surface area (Å²) in [6.45, 7) is 9.07. The fourth-order valence-corrected chi connectivity index (χ4v) is 5.63. The number of nitrogens with zero attached hydrogens (tertiary/aromatic N) is 2. The molecule has 1 aromatic rings. The van der Waals surface area contributed by atoms with E-state index in [4.69, 9.17) is 0 Å². The Bertz CT molecular complexity index is 764. The van der Waals surface area contributed by atoms with Crippen molar-refractivity contribution in [1.82, 2.24) is 8.61 Å². The zero-order valence-corrected chi connectivity index (χ0v) is 16.9. The molecule has 7 nitrogen and oxygen atoms in total. The van der Waals surface area contributed by atoms with Crippen LogP contribution in [0.4, 0.5) is 0 Å². The lowest BCUT2D eigenvalue weighted by Crippen LogP contribution is -2.32. The Kier molecular flexibility index (Phi) is 7.30. The van der Waals surface area contributed by atoms with Crippen molar-refractivity contribution in [1.29, 1.82) is 0 Å². The summed E-state index contributed by atoms with van der Waals surface area (Å²) in [5, 5.41) is 0. The Balaban J connectivity index is 3.70. The lowest BCUT2D eigenvalue weighted by atomic mass is 10.1. The van der Waals surface area contributed by atoms with E-state index in [1.807, 2.05) is 0 Å². The third-order valence-electron chi connectivity index (χ3n) is 3.97. The molecule has 1 rings (SSSR count). The molecule has 0 spiro atoms. The van der Waals surface area contributed by atoms with Crippen LogP contribution in [0, 0.1) is 0 Å². The third-order valence-corrected chi connectivity index (χ3v) is 8.03. The summed E-state index contributed by atoms with van der Waals surface area (Å²) in [7, 11) is -7.76. The van der Waals surface area contributed by atoms with Crippen LogP contribution in [0.15, 0.2) is 28.0 Å². The highest BCUT2D eigenvalue weighted by Gasteiger charge is 2.28. The minimum absolute atomic E-state index is 0.0546. The minimum Gasteiger partial charge on any atom is -0.295 e. The van der Waals surface area contributed by atoms with E-state index in [9.17, 15) is 21.6 Å². The highest BCUT2D eigenvalue weighted by atomic mass is 32.2. The van der Waals surface area contributed by atoms with Gasteiger partial charge in [-0.15, -0.1) is 0 Å². The zero-order valence-electron chi connectivity index (χ0n) is 15.3. The SMILES string of the molecule is CCN(CC)S(=O)(=O)c1cc(C(C)=O)cc(S(=O)(=O)N(CC)CC)c1. The van der Waals surface area contributed by atoms with Crippen molar-refractivity contribution in [2.24, 2.45) is 0 Å². The molecule has 0 atom stereocenters. The molecule has 0 aliphatic carbocycles. The lowest BCUT2D eigenvalue weighted by Gasteiger charge is -2.21. The molecule has 0 aliphatic rings. The van der Waals surface area contributed by atoms with Gasteiger partial charge >= 0.3 is 0 Å². The first-order valence-corrected chi connectivity index (χ1v) is 11.1. The van der Waals surface area contributed by atoms with E-state index in [1.165, 1.54) is 27.7 Å². The van der Waals surface area contributed by atoms with Crippen LogP contribution in [-0.2, 0) is 20.0 Å². The summed E-state index contributed by atoms with van der Waals surface area (Å²) in [5.74, 6) is -0.396. The molecule has 0 radical (unpaired) electrons. The Hall–Kier alpha value is -1.29. The number of sulfonamides is 2. The summed E-state index contributed by atoms with van der Waals surface area (Å²) in [6, 6.07) is 3.60. The van der Waals surface area contributed by atoms with Crippen LogP contribution in [0.2, 0.25) is 0 Å². The van der Waals surface area contributed by atoms with Gasteiger partial charge in [0.1, 0.15) is 0 Å². The van der Waals surface area contributed by atoms with Crippen molar-refractivity contribution < 1.29 is 21.6 Å². The number of carbonyl (C=O) groups excluding carboxylic acids is 1. The molecule has 0 fully saturated rings. The van der Waals surface area contributed by atoms with Crippen molar-refractivity contribution in [3.63, 3.8) is 0 Å². The minimum atomic E-state index is -3.88. The van der Waals surface area contributed by atoms with Gasteiger partial charge in [-0.3, -0.25) is 4.79 Å². The van der Waals surface area contributed by atoms with Gasteiger partial charge in [-0.25, -0.2) is 16.8 Å². The third kappa shape index (κ3) is 4.46. The van der Waals surface area contributed by atoms with Gasteiger partial charge < -0.3 is 0 Å². The van der Waals surface area contributed by atoms with Crippen LogP contribution in [0.3, 0.4) is 0 Å². The van der Waals surface area contributed by atoms with E-state index in [-0.39, 0.29) is 41.5 Å². The number of hydrogen-bond donors (Lipinski definition) is 0. The van der Waals surface area contributed by atoms with Gasteiger partial charge in [0.2, 0.25) is 20.0 Å². The van der Waals surface area contributed by atoms with Crippen LogP contribution < -0.4 is 0 Å². The van der Waals surface area contributed by atoms with Gasteiger partial charge in [-0.05, 0) is 25.1 Å². The van der Waals surface area contributed by atoms with Crippen LogP contribution in [0.1, 0.15) is 45.0 Å². The summed E-state index contributed by atoms with van der Waals surface area (Å²) in [6.07, 6.45) is 0. The lowest BCUT2D eigenvalue weighted by molar-refractivity contribution is 0.101. The molecule has 0 saturated carbocycles. The van der Waals surface area contributed by atoms with Gasteiger partial charge in [-0.1, -0.05) is 27.7 Å². The van der Waals surface area contributed by atoms with Gasteiger partial charge in [0.05, 0.1) is 9.79 Å². The van der Waals surface area contributed by atoms with Crippen molar-refractivity contribution in [2.75, 3.05) is 26.2 Å². The van der Waals surface area contributed by atoms with E-state index < -0.39 is 25.8 Å². The molecule has 25 heavy (non-hydrogen) atoms. The standard InChI is InChI=1S/C16H26N2O5S2/c1-6-17(7-2)24(20,21)15-10-14(13(5)19)11-16(12-15)25(22,23)18(8-3)9-4/h10-12H,6-9H2,1-5H3. The number of rotatable bonds is 9. The largest absolute Gasteiger partial charge is 0.295 e. The topological polar surface area (TPSA) is 91.8 Å². The van der Waals surface area contributed by atoms with Gasteiger partial charge in [0, 0.05) is 31.7 Å². The second-order valence-electron chi connectivity index (χ2n) is 5.43. The van der Waals surface area contributed by atoms with E-state index in [0.29, 0.717) is 0 Å². The average Bonchev–Trinajstić information content (AvgIpc) is 2.56. The molecule has 0 N–H and O–H groups in total. The maximum Gasteiger partial charge on any atom is 0.243 e. The first-order valence-electron chi connectivity index (χ1n) is 8.22. The van der Waals surface area contributed by atoms with Crippen LogP contribution >= 0.6 is 0 Å². The number of ketones is 1. The maximum atomic E-state index is 12.8. The maximum absolute atomic E-state index is 12.8. The molecule has 142 valence electrons. The Morgan fingerprint density at radius 1 is 0.760 bits per heavy atom. The van der Waals surface area contributed by atoms with E-state index in [1.54, 1.807) is 27.7 Å². The highest BCUT2D eigenvalue weighted by molar-refractivity contribution is 7.90. The van der Waals surface area contributed by atoms with Gasteiger partial charge in [-0.2, -0.15) is 8.61 Å². The van der Waals surface area contributed by atoms with Crippen molar-refractivity contribution in [3.05, 3.63) is 23.8 Å². The van der Waals surface area contributed by atoms with Crippen LogP contribution in [-0.4, -0.2) is 57.4 Å². The van der Waals surface area contributed by atoms with Crippen molar-refractivity contribution in [3.8, 4) is 0 Å². The van der Waals surface area contributed by atoms with E-state index >= 15 is 0 Å². The number of Topliss-reactive ketones (excluding diaryl/α,β-unsaturated/α-hetero) is 1. The Labute approximate surface area is 150 Å². The smallest absolute Gasteiger partial charge is 0.243 e. The molecular weight excluding hydrogens is 364 g/mol. The molecule has 1 aromatic carbocycles. The predicted molar refractivity (Wildman–Crippen MR) is 96.7 cm³/mol. The predicted octanol–water partition coefficient (Wildman–Crippen LogP) is 1.95. The molecule has 0 aliphatic heterocycles. The normalized spacial score (nSPS) is 12.8. The van der Waals surface area contributed by atoms with Crippen LogP contribution in [0.25, 0.3) is 0 Å².